The summed E-state index contributed by atoms with van der Waals surface area (Å²) in [5.74, 6) is 0.611. The van der Waals surface area contributed by atoms with E-state index in [1.165, 1.54) is 0 Å². The molecule has 2 atom stereocenters. The summed E-state index contributed by atoms with van der Waals surface area (Å²) in [5, 5.41) is 19.6. The number of para-hydroxylation sites is 1. The zero-order chi connectivity index (χ0) is 11.3. The van der Waals surface area contributed by atoms with Crippen LogP contribution in [0.4, 0.5) is 0 Å². The van der Waals surface area contributed by atoms with E-state index < -0.39 is 12.2 Å². The number of aliphatic hydroxyl groups excluding tert-OH is 2. The predicted octanol–water partition coefficient (Wildman–Crippen LogP) is 1.89. The van der Waals surface area contributed by atoms with Crippen LogP contribution in [0.5, 0.6) is 5.75 Å². The van der Waals surface area contributed by atoms with E-state index >= 15 is 0 Å². The van der Waals surface area contributed by atoms with Gasteiger partial charge in [0.25, 0.3) is 0 Å². The second kappa shape index (κ2) is 5.73. The van der Waals surface area contributed by atoms with Gasteiger partial charge in [0, 0.05) is 5.56 Å². The Balaban J connectivity index is 2.84. The first-order valence-corrected chi connectivity index (χ1v) is 5.19. The van der Waals surface area contributed by atoms with Crippen molar-refractivity contribution in [3.05, 3.63) is 29.8 Å². The van der Waals surface area contributed by atoms with Gasteiger partial charge in [-0.3, -0.25) is 0 Å². The van der Waals surface area contributed by atoms with Gasteiger partial charge in [0.2, 0.25) is 0 Å². The van der Waals surface area contributed by atoms with E-state index in [-0.39, 0.29) is 0 Å². The average Bonchev–Trinajstić information content (AvgIpc) is 2.28. The lowest BCUT2D eigenvalue weighted by Gasteiger charge is -2.19. The van der Waals surface area contributed by atoms with Crippen molar-refractivity contribution < 1.29 is 14.9 Å². The molecule has 1 aromatic rings. The molecule has 1 rings (SSSR count). The number of methoxy groups -OCH3 is 1. The Kier molecular flexibility index (Phi) is 4.59. The summed E-state index contributed by atoms with van der Waals surface area (Å²) in [6.07, 6.45) is -0.181. The molecule has 0 saturated carbocycles. The van der Waals surface area contributed by atoms with Crippen LogP contribution in [0, 0.1) is 0 Å². The lowest BCUT2D eigenvalue weighted by Crippen LogP contribution is -2.18. The maximum atomic E-state index is 9.90. The molecule has 3 nitrogen and oxygen atoms in total. The average molecular weight is 210 g/mol. The fourth-order valence-electron chi connectivity index (χ4n) is 1.57. The van der Waals surface area contributed by atoms with E-state index in [1.807, 2.05) is 19.1 Å². The molecule has 15 heavy (non-hydrogen) atoms. The maximum absolute atomic E-state index is 9.90. The van der Waals surface area contributed by atoms with Crippen molar-refractivity contribution in [3.8, 4) is 5.75 Å². The van der Waals surface area contributed by atoms with Gasteiger partial charge in [-0.25, -0.2) is 0 Å². The monoisotopic (exact) mass is 210 g/mol. The summed E-state index contributed by atoms with van der Waals surface area (Å²) in [6, 6.07) is 7.20. The largest absolute Gasteiger partial charge is 0.496 e. The fourth-order valence-corrected chi connectivity index (χ4v) is 1.57. The molecule has 2 unspecified atom stereocenters. The van der Waals surface area contributed by atoms with Crippen LogP contribution in [0.3, 0.4) is 0 Å². The summed E-state index contributed by atoms with van der Waals surface area (Å²) in [5.41, 5.74) is 0.640. The van der Waals surface area contributed by atoms with Crippen LogP contribution in [0.15, 0.2) is 24.3 Å². The highest BCUT2D eigenvalue weighted by Gasteiger charge is 2.20. The first-order chi connectivity index (χ1) is 7.20. The van der Waals surface area contributed by atoms with Gasteiger partial charge < -0.3 is 14.9 Å². The molecule has 2 N–H and O–H groups in total. The Morgan fingerprint density at radius 3 is 2.53 bits per heavy atom. The van der Waals surface area contributed by atoms with Gasteiger partial charge in [0.15, 0.2) is 0 Å². The third-order valence-electron chi connectivity index (χ3n) is 2.41. The third-order valence-corrected chi connectivity index (χ3v) is 2.41. The van der Waals surface area contributed by atoms with Crippen LogP contribution in [0.25, 0.3) is 0 Å². The van der Waals surface area contributed by atoms with E-state index in [4.69, 9.17) is 4.74 Å². The second-order valence-electron chi connectivity index (χ2n) is 3.54. The van der Waals surface area contributed by atoms with E-state index in [2.05, 4.69) is 0 Å². The topological polar surface area (TPSA) is 49.7 Å². The molecule has 1 aromatic carbocycles. The fraction of sp³-hybridized carbons (Fsp3) is 0.500. The van der Waals surface area contributed by atoms with Gasteiger partial charge in [-0.05, 0) is 12.5 Å². The van der Waals surface area contributed by atoms with Crippen molar-refractivity contribution in [2.75, 3.05) is 7.11 Å². The van der Waals surface area contributed by atoms with Crippen LogP contribution in [0.1, 0.15) is 31.4 Å². The molecule has 0 radical (unpaired) electrons. The Labute approximate surface area is 90.3 Å². The first kappa shape index (κ1) is 12.0. The minimum atomic E-state index is -0.874. The molecule has 0 aliphatic carbocycles. The molecular weight excluding hydrogens is 192 g/mol. The molecule has 84 valence electrons. The lowest BCUT2D eigenvalue weighted by molar-refractivity contribution is 0.0118. The van der Waals surface area contributed by atoms with Crippen molar-refractivity contribution in [1.82, 2.24) is 0 Å². The summed E-state index contributed by atoms with van der Waals surface area (Å²) >= 11 is 0. The first-order valence-electron chi connectivity index (χ1n) is 5.19. The van der Waals surface area contributed by atoms with Crippen LogP contribution in [-0.4, -0.2) is 23.4 Å². The number of ether oxygens (including phenoxy) is 1. The summed E-state index contributed by atoms with van der Waals surface area (Å²) in [7, 11) is 1.55. The van der Waals surface area contributed by atoms with Crippen molar-refractivity contribution in [2.45, 2.75) is 32.0 Å². The molecule has 0 aliphatic rings. The summed E-state index contributed by atoms with van der Waals surface area (Å²) in [4.78, 5) is 0. The number of hydrogen-bond donors (Lipinski definition) is 2. The lowest BCUT2D eigenvalue weighted by atomic mass is 10.0. The predicted molar refractivity (Wildman–Crippen MR) is 58.9 cm³/mol. The van der Waals surface area contributed by atoms with E-state index in [1.54, 1.807) is 19.2 Å². The number of hydrogen-bond acceptors (Lipinski definition) is 3. The highest BCUT2D eigenvalue weighted by atomic mass is 16.5. The summed E-state index contributed by atoms with van der Waals surface area (Å²) < 4.78 is 5.12. The molecule has 0 amide bonds. The quantitative estimate of drug-likeness (QED) is 0.780. The minimum absolute atomic E-state index is 0.583. The Hall–Kier alpha value is -1.06. The number of benzene rings is 1. The highest BCUT2D eigenvalue weighted by molar-refractivity contribution is 5.35. The zero-order valence-electron chi connectivity index (χ0n) is 9.18. The van der Waals surface area contributed by atoms with Crippen molar-refractivity contribution in [2.24, 2.45) is 0 Å². The highest BCUT2D eigenvalue weighted by Crippen LogP contribution is 2.28. The second-order valence-corrected chi connectivity index (χ2v) is 3.54. The Morgan fingerprint density at radius 1 is 1.27 bits per heavy atom. The van der Waals surface area contributed by atoms with Crippen LogP contribution in [0.2, 0.25) is 0 Å². The van der Waals surface area contributed by atoms with Crippen molar-refractivity contribution in [3.63, 3.8) is 0 Å². The van der Waals surface area contributed by atoms with Crippen LogP contribution >= 0.6 is 0 Å². The molecule has 0 fully saturated rings. The molecule has 0 saturated heterocycles. The van der Waals surface area contributed by atoms with Gasteiger partial charge in [0.05, 0.1) is 13.2 Å². The Morgan fingerprint density at radius 2 is 1.93 bits per heavy atom. The third kappa shape index (κ3) is 2.94. The van der Waals surface area contributed by atoms with Crippen molar-refractivity contribution >= 4 is 0 Å². The maximum Gasteiger partial charge on any atom is 0.124 e. The standard InChI is InChI=1S/C12H18O3/c1-3-6-10(13)12(14)9-7-4-5-8-11(9)15-2/h4-5,7-8,10,12-14H,3,6H2,1-2H3. The Bertz CT molecular complexity index is 299. The molecule has 0 aromatic heterocycles. The van der Waals surface area contributed by atoms with Crippen LogP contribution < -0.4 is 4.74 Å². The van der Waals surface area contributed by atoms with Gasteiger partial charge in [0.1, 0.15) is 11.9 Å². The van der Waals surface area contributed by atoms with Crippen LogP contribution in [-0.2, 0) is 0 Å². The number of aliphatic hydroxyl groups is 2. The van der Waals surface area contributed by atoms with E-state index in [9.17, 15) is 10.2 Å². The molecule has 0 bridgehead atoms. The van der Waals surface area contributed by atoms with Gasteiger partial charge >= 0.3 is 0 Å². The summed E-state index contributed by atoms with van der Waals surface area (Å²) in [6.45, 7) is 1.97. The minimum Gasteiger partial charge on any atom is -0.496 e. The SMILES string of the molecule is CCCC(O)C(O)c1ccccc1OC. The zero-order valence-corrected chi connectivity index (χ0v) is 9.18. The van der Waals surface area contributed by atoms with Gasteiger partial charge in [-0.15, -0.1) is 0 Å². The number of rotatable bonds is 5. The van der Waals surface area contributed by atoms with Gasteiger partial charge in [-0.2, -0.15) is 0 Å². The molecule has 0 spiro atoms. The molecular formula is C12H18O3. The molecule has 0 heterocycles. The smallest absolute Gasteiger partial charge is 0.124 e. The molecule has 3 heteroatoms. The normalized spacial score (nSPS) is 14.7. The van der Waals surface area contributed by atoms with Gasteiger partial charge in [-0.1, -0.05) is 31.5 Å². The molecule has 0 aliphatic heterocycles. The van der Waals surface area contributed by atoms with Crippen molar-refractivity contribution in [1.29, 1.82) is 0 Å². The van der Waals surface area contributed by atoms with E-state index in [0.717, 1.165) is 6.42 Å². The van der Waals surface area contributed by atoms with E-state index in [0.29, 0.717) is 17.7 Å².